The maximum Gasteiger partial charge on any atom is 0.264 e. The fourth-order valence-corrected chi connectivity index (χ4v) is 5.16. The Kier molecular flexibility index (Phi) is 5.51. The first-order valence-electron chi connectivity index (χ1n) is 10.9. The number of sulfonamides is 1. The minimum absolute atomic E-state index is 0.129. The highest BCUT2D eigenvalue weighted by Gasteiger charge is 2.30. The lowest BCUT2D eigenvalue weighted by Crippen LogP contribution is -2.26. The zero-order chi connectivity index (χ0) is 24.0. The van der Waals surface area contributed by atoms with Crippen LogP contribution in [0.25, 0.3) is 17.3 Å². The SMILES string of the molecule is CN(c1ccc(-c2nc(CC(=O)C3CC3)nc3c2C=CC3)cc1)S(=O)(=O)c1ccc(F)c(F)c1. The molecule has 9 heteroatoms. The van der Waals surface area contributed by atoms with Crippen LogP contribution in [0.4, 0.5) is 14.5 Å². The fraction of sp³-hybridized carbons (Fsp3) is 0.240. The first-order chi connectivity index (χ1) is 16.2. The highest BCUT2D eigenvalue weighted by Crippen LogP contribution is 2.33. The van der Waals surface area contributed by atoms with Crippen LogP contribution in [0.2, 0.25) is 0 Å². The molecular weight excluding hydrogens is 460 g/mol. The molecule has 0 bridgehead atoms. The molecule has 0 unspecified atom stereocenters. The van der Waals surface area contributed by atoms with Gasteiger partial charge in [0.2, 0.25) is 0 Å². The van der Waals surface area contributed by atoms with Gasteiger partial charge in [-0.1, -0.05) is 24.3 Å². The summed E-state index contributed by atoms with van der Waals surface area (Å²) in [5, 5.41) is 0. The lowest BCUT2D eigenvalue weighted by Gasteiger charge is -2.20. The molecule has 2 aliphatic rings. The standard InChI is InChI=1S/C25H21F2N3O3S/c1-30(34(32,33)18-11-12-20(26)21(27)13-18)17-9-7-16(8-10-17)25-19-3-2-4-22(19)28-24(29-25)14-23(31)15-5-6-15/h2-3,7-13,15H,4-6,14H2,1H3. The monoisotopic (exact) mass is 481 g/mol. The average Bonchev–Trinajstić information content (AvgIpc) is 3.58. The second-order valence-corrected chi connectivity index (χ2v) is 10.4. The molecule has 34 heavy (non-hydrogen) atoms. The van der Waals surface area contributed by atoms with Crippen LogP contribution in [0, 0.1) is 17.6 Å². The van der Waals surface area contributed by atoms with Crippen molar-refractivity contribution in [3.05, 3.63) is 77.3 Å². The Morgan fingerprint density at radius 2 is 1.79 bits per heavy atom. The van der Waals surface area contributed by atoms with E-state index in [0.717, 1.165) is 46.1 Å². The highest BCUT2D eigenvalue weighted by molar-refractivity contribution is 7.92. The number of allylic oxidation sites excluding steroid dienone is 1. The number of carbonyl (C=O) groups excluding carboxylic acids is 1. The Labute approximate surface area is 196 Å². The second kappa shape index (κ2) is 8.39. The zero-order valence-electron chi connectivity index (χ0n) is 18.3. The van der Waals surface area contributed by atoms with Gasteiger partial charge < -0.3 is 0 Å². The molecule has 6 nitrogen and oxygen atoms in total. The van der Waals surface area contributed by atoms with E-state index in [2.05, 4.69) is 9.97 Å². The molecular formula is C25H21F2N3O3S. The Morgan fingerprint density at radius 3 is 2.47 bits per heavy atom. The molecule has 0 N–H and O–H groups in total. The van der Waals surface area contributed by atoms with Crippen molar-refractivity contribution >= 4 is 27.6 Å². The summed E-state index contributed by atoms with van der Waals surface area (Å²) in [4.78, 5) is 21.2. The van der Waals surface area contributed by atoms with Gasteiger partial charge in [-0.3, -0.25) is 9.10 Å². The quantitative estimate of drug-likeness (QED) is 0.502. The Hall–Kier alpha value is -3.46. The molecule has 0 aliphatic heterocycles. The van der Waals surface area contributed by atoms with E-state index in [-0.39, 0.29) is 23.0 Å². The number of aromatic nitrogens is 2. The Bertz CT molecular complexity index is 1430. The van der Waals surface area contributed by atoms with Crippen LogP contribution in [0.3, 0.4) is 0 Å². The highest BCUT2D eigenvalue weighted by atomic mass is 32.2. The van der Waals surface area contributed by atoms with Crippen molar-refractivity contribution in [3.8, 4) is 11.3 Å². The van der Waals surface area contributed by atoms with Gasteiger partial charge in [-0.05, 0) is 43.2 Å². The Morgan fingerprint density at radius 1 is 1.06 bits per heavy atom. The third-order valence-electron chi connectivity index (χ3n) is 6.09. The number of carbonyl (C=O) groups is 1. The van der Waals surface area contributed by atoms with Crippen molar-refractivity contribution < 1.29 is 22.0 Å². The molecule has 1 saturated carbocycles. The van der Waals surface area contributed by atoms with Crippen molar-refractivity contribution in [1.29, 1.82) is 0 Å². The number of rotatable bonds is 7. The van der Waals surface area contributed by atoms with E-state index >= 15 is 0 Å². The lowest BCUT2D eigenvalue weighted by molar-refractivity contribution is -0.119. The summed E-state index contributed by atoms with van der Waals surface area (Å²) in [5.74, 6) is -1.56. The summed E-state index contributed by atoms with van der Waals surface area (Å²) in [7, 11) is -2.74. The van der Waals surface area contributed by atoms with Crippen LogP contribution in [0.5, 0.6) is 0 Å². The van der Waals surface area contributed by atoms with Gasteiger partial charge in [-0.25, -0.2) is 27.2 Å². The largest absolute Gasteiger partial charge is 0.299 e. The van der Waals surface area contributed by atoms with E-state index in [1.165, 1.54) is 7.05 Å². The first-order valence-corrected chi connectivity index (χ1v) is 12.3. The number of hydrogen-bond donors (Lipinski definition) is 0. The minimum atomic E-state index is -4.09. The van der Waals surface area contributed by atoms with E-state index in [0.29, 0.717) is 29.7 Å². The maximum absolute atomic E-state index is 13.6. The van der Waals surface area contributed by atoms with Gasteiger partial charge in [0.1, 0.15) is 11.6 Å². The van der Waals surface area contributed by atoms with Crippen molar-refractivity contribution in [2.45, 2.75) is 30.6 Å². The van der Waals surface area contributed by atoms with Gasteiger partial charge in [-0.2, -0.15) is 0 Å². The van der Waals surface area contributed by atoms with Crippen LogP contribution >= 0.6 is 0 Å². The van der Waals surface area contributed by atoms with Crippen molar-refractivity contribution in [2.75, 3.05) is 11.4 Å². The van der Waals surface area contributed by atoms with Crippen LogP contribution in [0.15, 0.2) is 53.4 Å². The van der Waals surface area contributed by atoms with Gasteiger partial charge in [0.25, 0.3) is 10.0 Å². The Balaban J connectivity index is 1.45. The predicted molar refractivity (Wildman–Crippen MR) is 124 cm³/mol. The fourth-order valence-electron chi connectivity index (χ4n) is 3.95. The van der Waals surface area contributed by atoms with Gasteiger partial charge in [0.05, 0.1) is 28.4 Å². The molecule has 1 fully saturated rings. The smallest absolute Gasteiger partial charge is 0.264 e. The summed E-state index contributed by atoms with van der Waals surface area (Å²) in [5.41, 5.74) is 3.55. The number of fused-ring (bicyclic) bond motifs is 1. The molecule has 1 heterocycles. The lowest BCUT2D eigenvalue weighted by atomic mass is 10.0. The van der Waals surface area contributed by atoms with Gasteiger partial charge >= 0.3 is 0 Å². The predicted octanol–water partition coefficient (Wildman–Crippen LogP) is 4.34. The van der Waals surface area contributed by atoms with Gasteiger partial charge in [0.15, 0.2) is 11.6 Å². The molecule has 174 valence electrons. The molecule has 0 saturated heterocycles. The maximum atomic E-state index is 13.6. The van der Waals surface area contributed by atoms with E-state index in [1.54, 1.807) is 24.3 Å². The summed E-state index contributed by atoms with van der Waals surface area (Å²) < 4.78 is 53.6. The third-order valence-corrected chi connectivity index (χ3v) is 7.87. The van der Waals surface area contributed by atoms with E-state index in [1.807, 2.05) is 12.2 Å². The second-order valence-electron chi connectivity index (χ2n) is 8.47. The summed E-state index contributed by atoms with van der Waals surface area (Å²) in [6, 6.07) is 9.20. The van der Waals surface area contributed by atoms with Crippen molar-refractivity contribution in [1.82, 2.24) is 9.97 Å². The molecule has 3 aromatic rings. The molecule has 5 rings (SSSR count). The van der Waals surface area contributed by atoms with E-state index < -0.39 is 21.7 Å². The minimum Gasteiger partial charge on any atom is -0.299 e. The van der Waals surface area contributed by atoms with Crippen molar-refractivity contribution in [2.24, 2.45) is 5.92 Å². The number of Topliss-reactive ketones (excluding diaryl/α,β-unsaturated/α-hetero) is 1. The van der Waals surface area contributed by atoms with Crippen LogP contribution in [-0.2, 0) is 27.7 Å². The van der Waals surface area contributed by atoms with E-state index in [9.17, 15) is 22.0 Å². The number of anilines is 1. The molecule has 1 aromatic heterocycles. The summed E-state index contributed by atoms with van der Waals surface area (Å²) in [6.07, 6.45) is 6.68. The summed E-state index contributed by atoms with van der Waals surface area (Å²) in [6.45, 7) is 0. The van der Waals surface area contributed by atoms with Crippen LogP contribution in [-0.4, -0.2) is 31.2 Å². The van der Waals surface area contributed by atoms with E-state index in [4.69, 9.17) is 0 Å². The van der Waals surface area contributed by atoms with Crippen LogP contribution < -0.4 is 4.31 Å². The first kappa shape index (κ1) is 22.3. The molecule has 0 amide bonds. The molecule has 0 spiro atoms. The topological polar surface area (TPSA) is 80.2 Å². The third kappa shape index (κ3) is 4.11. The normalized spacial score (nSPS) is 14.8. The zero-order valence-corrected chi connectivity index (χ0v) is 19.1. The number of halogens is 2. The van der Waals surface area contributed by atoms with Gasteiger partial charge in [-0.15, -0.1) is 0 Å². The molecule has 0 atom stereocenters. The van der Waals surface area contributed by atoms with Crippen molar-refractivity contribution in [3.63, 3.8) is 0 Å². The number of benzene rings is 2. The number of ketones is 1. The number of nitrogens with zero attached hydrogens (tertiary/aromatic N) is 3. The average molecular weight is 482 g/mol. The van der Waals surface area contributed by atoms with Crippen LogP contribution in [0.1, 0.15) is 29.9 Å². The summed E-state index contributed by atoms with van der Waals surface area (Å²) >= 11 is 0. The molecule has 2 aromatic carbocycles. The number of hydrogen-bond acceptors (Lipinski definition) is 5. The molecule has 2 aliphatic carbocycles. The molecule has 0 radical (unpaired) electrons. The van der Waals surface area contributed by atoms with Gasteiger partial charge in [0, 0.05) is 30.5 Å².